The Morgan fingerprint density at radius 1 is 1.11 bits per heavy atom. The molecule has 0 aliphatic carbocycles. The van der Waals surface area contributed by atoms with Crippen molar-refractivity contribution < 1.29 is 28.8 Å². The molecular weight excluding hydrogens is 352 g/mol. The number of imide groups is 1. The van der Waals surface area contributed by atoms with Gasteiger partial charge in [0, 0.05) is 12.8 Å². The topological polar surface area (TPSA) is 102 Å². The van der Waals surface area contributed by atoms with E-state index in [1.165, 1.54) is 0 Å². The molecule has 0 unspecified atom stereocenters. The average molecular weight is 376 g/mol. The van der Waals surface area contributed by atoms with Crippen molar-refractivity contribution in [3.8, 4) is 0 Å². The number of hydroxylamine groups is 2. The molecule has 1 heterocycles. The van der Waals surface area contributed by atoms with Crippen molar-refractivity contribution in [1.29, 1.82) is 0 Å². The monoisotopic (exact) mass is 376 g/mol. The van der Waals surface area contributed by atoms with E-state index in [0.29, 0.717) is 11.5 Å². The number of aryl methyl sites for hydroxylation is 1. The van der Waals surface area contributed by atoms with Crippen LogP contribution in [0.15, 0.2) is 30.3 Å². The first kappa shape index (κ1) is 20.4. The van der Waals surface area contributed by atoms with E-state index in [2.05, 4.69) is 5.32 Å². The molecule has 1 aliphatic rings. The van der Waals surface area contributed by atoms with Gasteiger partial charge in [0.15, 0.2) is 0 Å². The molecule has 1 saturated heterocycles. The Morgan fingerprint density at radius 3 is 2.26 bits per heavy atom. The molecule has 3 amide bonds. The zero-order valence-electron chi connectivity index (χ0n) is 15.7. The Labute approximate surface area is 157 Å². The predicted molar refractivity (Wildman–Crippen MR) is 95.1 cm³/mol. The largest absolute Gasteiger partial charge is 0.444 e. The van der Waals surface area contributed by atoms with Gasteiger partial charge < -0.3 is 14.9 Å². The Kier molecular flexibility index (Phi) is 6.55. The number of alkyl carbamates (subject to hydrolysis) is 1. The van der Waals surface area contributed by atoms with Gasteiger partial charge in [-0.15, -0.1) is 5.06 Å². The summed E-state index contributed by atoms with van der Waals surface area (Å²) in [5.74, 6) is -2.04. The molecular formula is C19H24N2O6. The number of hydrogen-bond acceptors (Lipinski definition) is 6. The summed E-state index contributed by atoms with van der Waals surface area (Å²) in [6.07, 6.45) is -0.0754. The van der Waals surface area contributed by atoms with Crippen LogP contribution in [0.25, 0.3) is 0 Å². The molecule has 1 aromatic carbocycles. The summed E-state index contributed by atoms with van der Waals surface area (Å²) < 4.78 is 5.18. The number of carbonyl (C=O) groups excluding carboxylic acids is 4. The van der Waals surface area contributed by atoms with Gasteiger partial charge in [0.2, 0.25) is 0 Å². The summed E-state index contributed by atoms with van der Waals surface area (Å²) in [6.45, 7) is 5.10. The maximum absolute atomic E-state index is 12.5. The highest BCUT2D eigenvalue weighted by Crippen LogP contribution is 2.15. The lowest BCUT2D eigenvalue weighted by Gasteiger charge is -2.23. The first-order chi connectivity index (χ1) is 12.7. The summed E-state index contributed by atoms with van der Waals surface area (Å²) in [6, 6.07) is 8.32. The van der Waals surface area contributed by atoms with Crippen LogP contribution < -0.4 is 5.32 Å². The minimum absolute atomic E-state index is 0.000287. The Hall–Kier alpha value is -2.90. The van der Waals surface area contributed by atoms with E-state index in [-0.39, 0.29) is 19.3 Å². The second kappa shape index (κ2) is 8.66. The van der Waals surface area contributed by atoms with Crippen LogP contribution in [-0.2, 0) is 30.4 Å². The van der Waals surface area contributed by atoms with Crippen LogP contribution in [-0.4, -0.2) is 40.6 Å². The van der Waals surface area contributed by atoms with Gasteiger partial charge in [-0.05, 0) is 39.2 Å². The quantitative estimate of drug-likeness (QED) is 0.763. The van der Waals surface area contributed by atoms with Crippen LogP contribution in [0.4, 0.5) is 4.79 Å². The predicted octanol–water partition coefficient (Wildman–Crippen LogP) is 2.12. The van der Waals surface area contributed by atoms with Crippen LogP contribution >= 0.6 is 0 Å². The van der Waals surface area contributed by atoms with Gasteiger partial charge in [-0.1, -0.05) is 30.3 Å². The number of rotatable bonds is 6. The Bertz CT molecular complexity index is 695. The lowest BCUT2D eigenvalue weighted by Crippen LogP contribution is -2.47. The highest BCUT2D eigenvalue weighted by atomic mass is 16.7. The van der Waals surface area contributed by atoms with Crippen molar-refractivity contribution in [3.63, 3.8) is 0 Å². The van der Waals surface area contributed by atoms with Crippen LogP contribution in [0.1, 0.15) is 45.6 Å². The van der Waals surface area contributed by atoms with Gasteiger partial charge in [0.1, 0.15) is 11.6 Å². The second-order valence-corrected chi connectivity index (χ2v) is 7.22. The molecule has 0 saturated carbocycles. The van der Waals surface area contributed by atoms with Gasteiger partial charge in [0.05, 0.1) is 0 Å². The molecule has 8 heteroatoms. The first-order valence-electron chi connectivity index (χ1n) is 8.77. The molecule has 0 spiro atoms. The Morgan fingerprint density at radius 2 is 1.70 bits per heavy atom. The summed E-state index contributed by atoms with van der Waals surface area (Å²) in [7, 11) is 0. The fourth-order valence-electron chi connectivity index (χ4n) is 2.47. The van der Waals surface area contributed by atoms with Crippen LogP contribution in [0, 0.1) is 0 Å². The molecule has 1 aromatic rings. The number of hydrogen-bond donors (Lipinski definition) is 1. The standard InChI is InChI=1S/C19H24N2O6/c1-19(2,3)26-18(25)20-14(10-9-13-7-5-4-6-8-13)17(24)27-21-15(22)11-12-16(21)23/h4-8,14H,9-12H2,1-3H3,(H,20,25)/t14-/m0/s1. The van der Waals surface area contributed by atoms with Crippen LogP contribution in [0.2, 0.25) is 0 Å². The molecule has 146 valence electrons. The molecule has 27 heavy (non-hydrogen) atoms. The average Bonchev–Trinajstić information content (AvgIpc) is 2.89. The highest BCUT2D eigenvalue weighted by Gasteiger charge is 2.35. The number of benzene rings is 1. The van der Waals surface area contributed by atoms with Gasteiger partial charge in [-0.25, -0.2) is 9.59 Å². The zero-order valence-corrected chi connectivity index (χ0v) is 15.7. The van der Waals surface area contributed by atoms with Crippen molar-refractivity contribution in [1.82, 2.24) is 10.4 Å². The third kappa shape index (κ3) is 6.40. The lowest BCUT2D eigenvalue weighted by atomic mass is 10.1. The molecule has 0 bridgehead atoms. The maximum Gasteiger partial charge on any atom is 0.408 e. The molecule has 0 radical (unpaired) electrons. The number of nitrogens with zero attached hydrogens (tertiary/aromatic N) is 1. The number of ether oxygens (including phenoxy) is 1. The van der Waals surface area contributed by atoms with Crippen molar-refractivity contribution >= 4 is 23.9 Å². The molecule has 8 nitrogen and oxygen atoms in total. The van der Waals surface area contributed by atoms with Crippen molar-refractivity contribution in [3.05, 3.63) is 35.9 Å². The molecule has 1 fully saturated rings. The fourth-order valence-corrected chi connectivity index (χ4v) is 2.47. The number of amides is 3. The van der Waals surface area contributed by atoms with Crippen LogP contribution in [0.3, 0.4) is 0 Å². The van der Waals surface area contributed by atoms with E-state index in [9.17, 15) is 19.2 Å². The zero-order chi connectivity index (χ0) is 20.0. The third-order valence-electron chi connectivity index (χ3n) is 3.73. The van der Waals surface area contributed by atoms with Gasteiger partial charge in [-0.3, -0.25) is 9.59 Å². The summed E-state index contributed by atoms with van der Waals surface area (Å²) in [5.41, 5.74) is 0.230. The van der Waals surface area contributed by atoms with Gasteiger partial charge in [-0.2, -0.15) is 0 Å². The van der Waals surface area contributed by atoms with Crippen LogP contribution in [0.5, 0.6) is 0 Å². The fraction of sp³-hybridized carbons (Fsp3) is 0.474. The van der Waals surface area contributed by atoms with E-state index < -0.39 is 35.5 Å². The minimum atomic E-state index is -1.07. The summed E-state index contributed by atoms with van der Waals surface area (Å²) in [5, 5.41) is 2.93. The number of carbonyl (C=O) groups is 4. The van der Waals surface area contributed by atoms with E-state index in [1.54, 1.807) is 20.8 Å². The molecule has 1 N–H and O–H groups in total. The normalized spacial score (nSPS) is 15.4. The van der Waals surface area contributed by atoms with Crippen molar-refractivity contribution in [2.45, 2.75) is 58.1 Å². The minimum Gasteiger partial charge on any atom is -0.444 e. The smallest absolute Gasteiger partial charge is 0.408 e. The Balaban J connectivity index is 2.05. The highest BCUT2D eigenvalue weighted by molar-refractivity contribution is 6.01. The molecule has 0 aromatic heterocycles. The van der Waals surface area contributed by atoms with E-state index in [4.69, 9.17) is 9.57 Å². The number of nitrogens with one attached hydrogen (secondary N) is 1. The summed E-state index contributed by atoms with van der Waals surface area (Å²) in [4.78, 5) is 52.8. The molecule has 1 atom stereocenters. The van der Waals surface area contributed by atoms with Crippen molar-refractivity contribution in [2.24, 2.45) is 0 Å². The van der Waals surface area contributed by atoms with E-state index in [1.807, 2.05) is 30.3 Å². The van der Waals surface area contributed by atoms with Crippen molar-refractivity contribution in [2.75, 3.05) is 0 Å². The van der Waals surface area contributed by atoms with E-state index in [0.717, 1.165) is 5.56 Å². The maximum atomic E-state index is 12.5. The molecule has 2 rings (SSSR count). The third-order valence-corrected chi connectivity index (χ3v) is 3.73. The molecule has 1 aliphatic heterocycles. The van der Waals surface area contributed by atoms with Gasteiger partial charge in [0.25, 0.3) is 11.8 Å². The lowest BCUT2D eigenvalue weighted by molar-refractivity contribution is -0.199. The van der Waals surface area contributed by atoms with E-state index >= 15 is 0 Å². The summed E-state index contributed by atoms with van der Waals surface area (Å²) >= 11 is 0. The first-order valence-corrected chi connectivity index (χ1v) is 8.77. The van der Waals surface area contributed by atoms with Gasteiger partial charge >= 0.3 is 12.1 Å². The SMILES string of the molecule is CC(C)(C)OC(=O)N[C@@H](CCc1ccccc1)C(=O)ON1C(=O)CCC1=O. The second-order valence-electron chi connectivity index (χ2n) is 7.22.